The minimum Gasteiger partial charge on any atom is -0.371 e. The van der Waals surface area contributed by atoms with Gasteiger partial charge in [-0.3, -0.25) is 4.79 Å². The molecular weight excluding hydrogens is 302 g/mol. The Labute approximate surface area is 142 Å². The fraction of sp³-hybridized carbons (Fsp3) is 0.526. The summed E-state index contributed by atoms with van der Waals surface area (Å²) in [6.45, 7) is 6.14. The van der Waals surface area contributed by atoms with Crippen LogP contribution in [0.15, 0.2) is 30.5 Å². The van der Waals surface area contributed by atoms with Crippen LogP contribution in [0.25, 0.3) is 10.9 Å². The second-order valence-corrected chi connectivity index (χ2v) is 6.98. The minimum absolute atomic E-state index is 0.194. The number of hydrogen-bond acceptors (Lipinski definition) is 3. The van der Waals surface area contributed by atoms with Crippen molar-refractivity contribution < 1.29 is 9.53 Å². The number of carbonyl (C=O) groups excluding carboxylic acids is 1. The van der Waals surface area contributed by atoms with Crippen molar-refractivity contribution in [1.82, 2.24) is 14.8 Å². The second-order valence-electron chi connectivity index (χ2n) is 6.98. The summed E-state index contributed by atoms with van der Waals surface area (Å²) in [6.07, 6.45) is 4.64. The average molecular weight is 327 g/mol. The molecule has 0 saturated carbocycles. The van der Waals surface area contributed by atoms with Gasteiger partial charge in [0.1, 0.15) is 0 Å². The van der Waals surface area contributed by atoms with E-state index < -0.39 is 0 Å². The highest BCUT2D eigenvalue weighted by Gasteiger charge is 2.23. The first kappa shape index (κ1) is 15.7. The Kier molecular flexibility index (Phi) is 4.29. The predicted molar refractivity (Wildman–Crippen MR) is 93.8 cm³/mol. The van der Waals surface area contributed by atoms with Crippen LogP contribution < -0.4 is 5.32 Å². The van der Waals surface area contributed by atoms with Crippen LogP contribution in [-0.4, -0.2) is 47.2 Å². The number of nitrogens with zero attached hydrogens (tertiary/aromatic N) is 2. The van der Waals surface area contributed by atoms with E-state index in [1.807, 2.05) is 4.90 Å². The smallest absolute Gasteiger partial charge is 0.219 e. The molecule has 0 radical (unpaired) electrons. The third-order valence-corrected chi connectivity index (χ3v) is 5.17. The molecule has 1 unspecified atom stereocenters. The molecule has 1 aromatic heterocycles. The first-order chi connectivity index (χ1) is 11.7. The third kappa shape index (κ3) is 3.47. The molecule has 4 rings (SSSR count). The molecule has 2 saturated heterocycles. The lowest BCUT2D eigenvalue weighted by Crippen LogP contribution is -2.43. The first-order valence-corrected chi connectivity index (χ1v) is 8.87. The van der Waals surface area contributed by atoms with Gasteiger partial charge in [-0.15, -0.1) is 0 Å². The molecule has 1 atom stereocenters. The number of piperidine rings is 1. The van der Waals surface area contributed by atoms with Gasteiger partial charge in [0.2, 0.25) is 5.91 Å². The number of epoxide rings is 1. The maximum Gasteiger partial charge on any atom is 0.219 e. The number of hydrogen-bond donors (Lipinski definition) is 1. The molecule has 2 aromatic rings. The number of amides is 1. The van der Waals surface area contributed by atoms with Crippen molar-refractivity contribution in [2.24, 2.45) is 0 Å². The van der Waals surface area contributed by atoms with Crippen molar-refractivity contribution in [2.75, 3.05) is 19.7 Å². The zero-order valence-corrected chi connectivity index (χ0v) is 14.2. The van der Waals surface area contributed by atoms with Crippen LogP contribution in [0, 0.1) is 0 Å². The molecule has 2 fully saturated rings. The van der Waals surface area contributed by atoms with Crippen molar-refractivity contribution >= 4 is 16.8 Å². The number of carbonyl (C=O) groups is 1. The Bertz CT molecular complexity index is 727. The van der Waals surface area contributed by atoms with Gasteiger partial charge < -0.3 is 19.5 Å². The molecule has 1 aromatic carbocycles. The third-order valence-electron chi connectivity index (χ3n) is 5.17. The van der Waals surface area contributed by atoms with Gasteiger partial charge in [-0.05, 0) is 42.0 Å². The van der Waals surface area contributed by atoms with Gasteiger partial charge in [0, 0.05) is 44.3 Å². The topological polar surface area (TPSA) is 49.8 Å². The standard InChI is InChI=1S/C19H25N3O2/c1-14(23)21-8-5-17(6-9-21)20-11-15-2-3-19-16(10-15)4-7-22(19)12-18-13-24-18/h2-4,7,10,17-18,20H,5-6,8-9,11-13H2,1H3. The largest absolute Gasteiger partial charge is 0.371 e. The molecule has 5 heteroatoms. The summed E-state index contributed by atoms with van der Waals surface area (Å²) in [6, 6.07) is 9.40. The lowest BCUT2D eigenvalue weighted by atomic mass is 10.0. The van der Waals surface area contributed by atoms with Gasteiger partial charge in [0.15, 0.2) is 0 Å². The zero-order valence-electron chi connectivity index (χ0n) is 14.2. The summed E-state index contributed by atoms with van der Waals surface area (Å²) in [7, 11) is 0. The first-order valence-electron chi connectivity index (χ1n) is 8.87. The Morgan fingerprint density at radius 3 is 2.79 bits per heavy atom. The van der Waals surface area contributed by atoms with Crippen LogP contribution in [-0.2, 0) is 22.6 Å². The normalized spacial score (nSPS) is 21.4. The zero-order chi connectivity index (χ0) is 16.5. The van der Waals surface area contributed by atoms with Crippen LogP contribution in [0.3, 0.4) is 0 Å². The van der Waals surface area contributed by atoms with E-state index in [-0.39, 0.29) is 5.91 Å². The highest BCUT2D eigenvalue weighted by Crippen LogP contribution is 2.21. The highest BCUT2D eigenvalue weighted by molar-refractivity contribution is 5.80. The molecular formula is C19H25N3O2. The molecule has 5 nitrogen and oxygen atoms in total. The van der Waals surface area contributed by atoms with E-state index in [9.17, 15) is 4.79 Å². The second kappa shape index (κ2) is 6.57. The van der Waals surface area contributed by atoms with Gasteiger partial charge >= 0.3 is 0 Å². The van der Waals surface area contributed by atoms with Gasteiger partial charge in [-0.25, -0.2) is 0 Å². The summed E-state index contributed by atoms with van der Waals surface area (Å²) in [5.74, 6) is 0.194. The lowest BCUT2D eigenvalue weighted by molar-refractivity contribution is -0.129. The van der Waals surface area contributed by atoms with E-state index in [1.54, 1.807) is 6.92 Å². The van der Waals surface area contributed by atoms with E-state index >= 15 is 0 Å². The maximum atomic E-state index is 11.4. The molecule has 128 valence electrons. The predicted octanol–water partition coefficient (Wildman–Crippen LogP) is 2.14. The molecule has 1 amide bonds. The average Bonchev–Trinajstić information content (AvgIpc) is 3.33. The quantitative estimate of drug-likeness (QED) is 0.856. The Balaban J connectivity index is 1.34. The van der Waals surface area contributed by atoms with Crippen molar-refractivity contribution in [1.29, 1.82) is 0 Å². The Morgan fingerprint density at radius 2 is 2.08 bits per heavy atom. The number of ether oxygens (including phenoxy) is 1. The van der Waals surface area contributed by atoms with Gasteiger partial charge in [0.25, 0.3) is 0 Å². The summed E-state index contributed by atoms with van der Waals surface area (Å²) >= 11 is 0. The number of aromatic nitrogens is 1. The monoisotopic (exact) mass is 327 g/mol. The fourth-order valence-electron chi connectivity index (χ4n) is 3.57. The van der Waals surface area contributed by atoms with Gasteiger partial charge in [-0.1, -0.05) is 6.07 Å². The van der Waals surface area contributed by atoms with Gasteiger partial charge in [-0.2, -0.15) is 0 Å². The van der Waals surface area contributed by atoms with E-state index in [1.165, 1.54) is 16.5 Å². The number of likely N-dealkylation sites (tertiary alicyclic amines) is 1. The molecule has 2 aliphatic heterocycles. The SMILES string of the molecule is CC(=O)N1CCC(NCc2ccc3c(ccn3CC3CO3)c2)CC1. The van der Waals surface area contributed by atoms with Gasteiger partial charge in [0.05, 0.1) is 19.3 Å². The number of rotatable bonds is 5. The van der Waals surface area contributed by atoms with Crippen LogP contribution in [0.4, 0.5) is 0 Å². The van der Waals surface area contributed by atoms with Crippen molar-refractivity contribution in [2.45, 2.75) is 45.0 Å². The van der Waals surface area contributed by atoms with Crippen molar-refractivity contribution in [3.8, 4) is 0 Å². The molecule has 3 heterocycles. The summed E-state index contributed by atoms with van der Waals surface area (Å²) in [5.41, 5.74) is 2.60. The van der Waals surface area contributed by atoms with Crippen LogP contribution in [0.5, 0.6) is 0 Å². The van der Waals surface area contributed by atoms with E-state index in [4.69, 9.17) is 4.74 Å². The maximum absolute atomic E-state index is 11.4. The van der Waals surface area contributed by atoms with E-state index in [0.29, 0.717) is 12.1 Å². The van der Waals surface area contributed by atoms with E-state index in [0.717, 1.165) is 45.6 Å². The van der Waals surface area contributed by atoms with Crippen LogP contribution >= 0.6 is 0 Å². The van der Waals surface area contributed by atoms with Crippen molar-refractivity contribution in [3.05, 3.63) is 36.0 Å². The van der Waals surface area contributed by atoms with Crippen LogP contribution in [0.2, 0.25) is 0 Å². The minimum atomic E-state index is 0.194. The molecule has 0 bridgehead atoms. The van der Waals surface area contributed by atoms with E-state index in [2.05, 4.69) is 40.3 Å². The molecule has 0 spiro atoms. The van der Waals surface area contributed by atoms with Crippen LogP contribution in [0.1, 0.15) is 25.3 Å². The highest BCUT2D eigenvalue weighted by atomic mass is 16.6. The number of nitrogens with one attached hydrogen (secondary N) is 1. The number of fused-ring (bicyclic) bond motifs is 1. The molecule has 2 aliphatic rings. The van der Waals surface area contributed by atoms with Crippen molar-refractivity contribution in [3.63, 3.8) is 0 Å². The summed E-state index contributed by atoms with van der Waals surface area (Å²) < 4.78 is 7.61. The Morgan fingerprint density at radius 1 is 1.29 bits per heavy atom. The fourth-order valence-corrected chi connectivity index (χ4v) is 3.57. The molecule has 0 aliphatic carbocycles. The molecule has 24 heavy (non-hydrogen) atoms. The Hall–Kier alpha value is -1.85. The summed E-state index contributed by atoms with van der Waals surface area (Å²) in [5, 5.41) is 4.94. The lowest BCUT2D eigenvalue weighted by Gasteiger charge is -2.31. The molecule has 1 N–H and O–H groups in total. The summed E-state index contributed by atoms with van der Waals surface area (Å²) in [4.78, 5) is 13.3. The number of benzene rings is 1.